The standard InChI is InChI=1S/C9H13NO3S/c1-10(2,11)8-4-6-9(7-5-8)14(3,12)13/h4-7H,1-3H3. The van der Waals surface area contributed by atoms with Gasteiger partial charge in [0.1, 0.15) is 5.69 Å². The largest absolute Gasteiger partial charge is 0.628 e. The van der Waals surface area contributed by atoms with Crippen LogP contribution in [0.4, 0.5) is 5.69 Å². The van der Waals surface area contributed by atoms with E-state index in [-0.39, 0.29) is 4.90 Å². The molecule has 0 aliphatic heterocycles. The minimum atomic E-state index is -3.17. The van der Waals surface area contributed by atoms with E-state index in [4.69, 9.17) is 0 Å². The number of nitrogens with zero attached hydrogens (tertiary/aromatic N) is 1. The smallest absolute Gasteiger partial charge is 0.175 e. The number of hydrogen-bond donors (Lipinski definition) is 0. The lowest BCUT2D eigenvalue weighted by molar-refractivity contribution is 0.542. The molecule has 0 atom stereocenters. The molecule has 14 heavy (non-hydrogen) atoms. The van der Waals surface area contributed by atoms with Crippen LogP contribution in [-0.4, -0.2) is 28.8 Å². The molecule has 4 nitrogen and oxygen atoms in total. The Balaban J connectivity index is 3.14. The molecule has 0 aliphatic carbocycles. The summed E-state index contributed by atoms with van der Waals surface area (Å²) in [5, 5.41) is 11.5. The van der Waals surface area contributed by atoms with Gasteiger partial charge in [-0.2, -0.15) is 0 Å². The lowest BCUT2D eigenvalue weighted by Crippen LogP contribution is -2.32. The Kier molecular flexibility index (Phi) is 2.67. The minimum absolute atomic E-state index is 0.231. The Morgan fingerprint density at radius 2 is 1.57 bits per heavy atom. The molecule has 0 amide bonds. The van der Waals surface area contributed by atoms with Crippen molar-refractivity contribution in [2.75, 3.05) is 20.4 Å². The van der Waals surface area contributed by atoms with Crippen LogP contribution in [0.25, 0.3) is 0 Å². The van der Waals surface area contributed by atoms with Crippen molar-refractivity contribution in [2.45, 2.75) is 4.90 Å². The van der Waals surface area contributed by atoms with Crippen molar-refractivity contribution in [3.8, 4) is 0 Å². The van der Waals surface area contributed by atoms with Crippen molar-refractivity contribution in [1.82, 2.24) is 4.65 Å². The molecule has 0 heterocycles. The SMILES string of the molecule is C[N+](C)([O-])c1ccc(S(C)(=O)=O)cc1. The number of sulfone groups is 1. The average Bonchev–Trinajstić information content (AvgIpc) is 2.01. The van der Waals surface area contributed by atoms with Crippen LogP contribution in [0.15, 0.2) is 29.2 Å². The van der Waals surface area contributed by atoms with Gasteiger partial charge in [-0.15, -0.1) is 0 Å². The van der Waals surface area contributed by atoms with Gasteiger partial charge in [-0.3, -0.25) is 0 Å². The first-order valence-electron chi connectivity index (χ1n) is 4.07. The van der Waals surface area contributed by atoms with Crippen LogP contribution in [0.2, 0.25) is 0 Å². The van der Waals surface area contributed by atoms with Crippen LogP contribution in [-0.2, 0) is 9.84 Å². The quantitative estimate of drug-likeness (QED) is 0.549. The molecular formula is C9H13NO3S. The molecule has 0 aliphatic rings. The van der Waals surface area contributed by atoms with E-state index in [1.807, 2.05) is 0 Å². The first kappa shape index (κ1) is 11.2. The van der Waals surface area contributed by atoms with E-state index in [0.29, 0.717) is 5.69 Å². The first-order chi connectivity index (χ1) is 6.21. The third-order valence-electron chi connectivity index (χ3n) is 1.89. The Morgan fingerprint density at radius 1 is 1.14 bits per heavy atom. The van der Waals surface area contributed by atoms with E-state index in [2.05, 4.69) is 0 Å². The normalized spacial score (nSPS) is 12.9. The maximum Gasteiger partial charge on any atom is 0.175 e. The monoisotopic (exact) mass is 215 g/mol. The summed E-state index contributed by atoms with van der Waals surface area (Å²) in [6.45, 7) is 0. The molecule has 0 radical (unpaired) electrons. The van der Waals surface area contributed by atoms with Gasteiger partial charge in [-0.25, -0.2) is 8.42 Å². The van der Waals surface area contributed by atoms with Crippen molar-refractivity contribution >= 4 is 15.5 Å². The Hall–Kier alpha value is -0.910. The van der Waals surface area contributed by atoms with Crippen molar-refractivity contribution in [2.24, 2.45) is 0 Å². The van der Waals surface area contributed by atoms with Crippen LogP contribution < -0.4 is 4.65 Å². The highest BCUT2D eigenvalue weighted by Gasteiger charge is 2.10. The summed E-state index contributed by atoms with van der Waals surface area (Å²) in [6.07, 6.45) is 1.14. The second-order valence-electron chi connectivity index (χ2n) is 3.62. The van der Waals surface area contributed by atoms with Crippen LogP contribution in [0.1, 0.15) is 0 Å². The fourth-order valence-electron chi connectivity index (χ4n) is 1.05. The Labute approximate surface area is 83.9 Å². The fraction of sp³-hybridized carbons (Fsp3) is 0.333. The molecule has 0 saturated heterocycles. The molecule has 78 valence electrons. The Morgan fingerprint density at radius 3 is 1.86 bits per heavy atom. The van der Waals surface area contributed by atoms with Gasteiger partial charge in [0.2, 0.25) is 0 Å². The summed E-state index contributed by atoms with van der Waals surface area (Å²) in [6, 6.07) is 5.96. The predicted molar refractivity (Wildman–Crippen MR) is 56.6 cm³/mol. The highest BCUT2D eigenvalue weighted by molar-refractivity contribution is 7.90. The van der Waals surface area contributed by atoms with Gasteiger partial charge in [-0.05, 0) is 12.1 Å². The number of rotatable bonds is 2. The lowest BCUT2D eigenvalue weighted by atomic mass is 10.3. The summed E-state index contributed by atoms with van der Waals surface area (Å²) >= 11 is 0. The minimum Gasteiger partial charge on any atom is -0.628 e. The van der Waals surface area contributed by atoms with Gasteiger partial charge >= 0.3 is 0 Å². The zero-order valence-corrected chi connectivity index (χ0v) is 9.21. The highest BCUT2D eigenvalue weighted by Crippen LogP contribution is 2.19. The molecule has 1 aromatic rings. The Bertz CT molecular complexity index is 414. The zero-order valence-electron chi connectivity index (χ0n) is 8.39. The van der Waals surface area contributed by atoms with E-state index < -0.39 is 14.5 Å². The third kappa shape index (κ3) is 2.54. The van der Waals surface area contributed by atoms with E-state index in [1.54, 1.807) is 0 Å². The van der Waals surface area contributed by atoms with Gasteiger partial charge in [0.25, 0.3) is 0 Å². The zero-order chi connectivity index (χ0) is 11.0. The molecule has 1 rings (SSSR count). The summed E-state index contributed by atoms with van der Waals surface area (Å²) in [5.74, 6) is 0. The van der Waals surface area contributed by atoms with Crippen molar-refractivity contribution < 1.29 is 8.42 Å². The number of benzene rings is 1. The molecule has 0 saturated carbocycles. The van der Waals surface area contributed by atoms with Gasteiger partial charge in [0.15, 0.2) is 9.84 Å². The van der Waals surface area contributed by atoms with Gasteiger partial charge in [0.05, 0.1) is 19.0 Å². The highest BCUT2D eigenvalue weighted by atomic mass is 32.2. The molecule has 0 spiro atoms. The van der Waals surface area contributed by atoms with Crippen molar-refractivity contribution in [3.63, 3.8) is 0 Å². The maximum atomic E-state index is 11.5. The second-order valence-corrected chi connectivity index (χ2v) is 5.63. The van der Waals surface area contributed by atoms with Crippen molar-refractivity contribution in [1.29, 1.82) is 0 Å². The maximum absolute atomic E-state index is 11.5. The number of quaternary nitrogens is 1. The lowest BCUT2D eigenvalue weighted by Gasteiger charge is -2.33. The van der Waals surface area contributed by atoms with Gasteiger partial charge in [-0.1, -0.05) is 0 Å². The van der Waals surface area contributed by atoms with E-state index in [0.717, 1.165) is 6.26 Å². The van der Waals surface area contributed by atoms with E-state index in [9.17, 15) is 13.6 Å². The summed E-state index contributed by atoms with van der Waals surface area (Å²) in [7, 11) is -0.211. The molecular weight excluding hydrogens is 202 g/mol. The number of hydroxylamine groups is 2. The summed E-state index contributed by atoms with van der Waals surface area (Å²) in [4.78, 5) is 0.231. The molecule has 1 aromatic carbocycles. The predicted octanol–water partition coefficient (Wildman–Crippen LogP) is 1.15. The molecule has 0 fully saturated rings. The molecule has 0 N–H and O–H groups in total. The first-order valence-corrected chi connectivity index (χ1v) is 5.96. The third-order valence-corrected chi connectivity index (χ3v) is 3.02. The van der Waals surface area contributed by atoms with Crippen LogP contribution >= 0.6 is 0 Å². The molecule has 0 aromatic heterocycles. The van der Waals surface area contributed by atoms with Gasteiger partial charge in [0, 0.05) is 18.4 Å². The average molecular weight is 215 g/mol. The number of hydrogen-bond acceptors (Lipinski definition) is 3. The van der Waals surface area contributed by atoms with Crippen LogP contribution in [0, 0.1) is 5.21 Å². The molecule has 5 heteroatoms. The van der Waals surface area contributed by atoms with Crippen LogP contribution in [0.3, 0.4) is 0 Å². The van der Waals surface area contributed by atoms with Crippen molar-refractivity contribution in [3.05, 3.63) is 29.5 Å². The van der Waals surface area contributed by atoms with E-state index >= 15 is 0 Å². The summed E-state index contributed by atoms with van der Waals surface area (Å²) in [5.41, 5.74) is 0.525. The second kappa shape index (κ2) is 3.34. The topological polar surface area (TPSA) is 57.2 Å². The summed E-state index contributed by atoms with van der Waals surface area (Å²) < 4.78 is 21.7. The van der Waals surface area contributed by atoms with E-state index in [1.165, 1.54) is 38.4 Å². The van der Waals surface area contributed by atoms with Gasteiger partial charge < -0.3 is 9.85 Å². The van der Waals surface area contributed by atoms with Crippen LogP contribution in [0.5, 0.6) is 0 Å². The molecule has 0 bridgehead atoms. The fourth-order valence-corrected chi connectivity index (χ4v) is 1.68. The molecule has 0 unspecified atom stereocenters.